The van der Waals surface area contributed by atoms with E-state index in [4.69, 9.17) is 5.11 Å². The second kappa shape index (κ2) is 8.66. The highest BCUT2D eigenvalue weighted by molar-refractivity contribution is 7.89. The Morgan fingerprint density at radius 2 is 2.14 bits per heavy atom. The van der Waals surface area contributed by atoms with Crippen molar-refractivity contribution in [3.8, 4) is 0 Å². The molecule has 0 radical (unpaired) electrons. The van der Waals surface area contributed by atoms with Crippen LogP contribution in [-0.2, 0) is 10.0 Å². The highest BCUT2D eigenvalue weighted by Crippen LogP contribution is 2.07. The maximum absolute atomic E-state index is 12.0. The first-order chi connectivity index (χ1) is 10.4. The molecule has 0 fully saturated rings. The topological polar surface area (TPSA) is 129 Å². The number of aromatic nitrogens is 1. The maximum Gasteiger partial charge on any atom is 0.404 e. The van der Waals surface area contributed by atoms with Gasteiger partial charge in [-0.25, -0.2) is 22.9 Å². The number of amides is 1. The van der Waals surface area contributed by atoms with Crippen molar-refractivity contribution in [1.29, 1.82) is 0 Å². The van der Waals surface area contributed by atoms with Crippen molar-refractivity contribution in [3.63, 3.8) is 0 Å². The van der Waals surface area contributed by atoms with Crippen LogP contribution in [0.1, 0.15) is 26.2 Å². The minimum Gasteiger partial charge on any atom is -0.465 e. The van der Waals surface area contributed by atoms with Gasteiger partial charge in [0.2, 0.25) is 0 Å². The predicted octanol–water partition coefficient (Wildman–Crippen LogP) is 0.547. The molecule has 1 aromatic heterocycles. The number of unbranched alkanes of at least 4 members (excludes halogenated alkanes) is 1. The van der Waals surface area contributed by atoms with E-state index in [1.54, 1.807) is 6.07 Å². The number of rotatable bonds is 9. The van der Waals surface area contributed by atoms with Gasteiger partial charge in [0.05, 0.1) is 12.1 Å². The monoisotopic (exact) mass is 331 g/mol. The van der Waals surface area contributed by atoms with Gasteiger partial charge >= 0.3 is 6.09 Å². The number of aliphatic hydroxyl groups is 1. The molecule has 9 heteroatoms. The van der Waals surface area contributed by atoms with E-state index in [1.165, 1.54) is 18.3 Å². The molecule has 4 N–H and O–H groups in total. The molecule has 0 spiro atoms. The lowest BCUT2D eigenvalue weighted by molar-refractivity contribution is 0.117. The molecule has 0 saturated carbocycles. The standard InChI is InChI=1S/C13H21N3O5S/c1-2-3-6-10(16-13(18)19)11(17)9-15-22(20,21)12-7-4-5-8-14-12/h4-5,7-8,10-11,15-17H,2-3,6,9H2,1H3,(H,18,19)/t10-,11+/m0/s1. The molecule has 1 rings (SSSR count). The minimum atomic E-state index is -3.83. The van der Waals surface area contributed by atoms with Gasteiger partial charge in [-0.05, 0) is 18.6 Å². The van der Waals surface area contributed by atoms with Gasteiger partial charge < -0.3 is 15.5 Å². The summed E-state index contributed by atoms with van der Waals surface area (Å²) in [7, 11) is -3.83. The van der Waals surface area contributed by atoms with Gasteiger partial charge in [-0.3, -0.25) is 0 Å². The normalized spacial score (nSPS) is 14.3. The van der Waals surface area contributed by atoms with Crippen molar-refractivity contribution in [2.45, 2.75) is 43.4 Å². The fourth-order valence-electron chi connectivity index (χ4n) is 1.86. The first kappa shape index (κ1) is 18.3. The van der Waals surface area contributed by atoms with Crippen LogP contribution in [0.4, 0.5) is 4.79 Å². The van der Waals surface area contributed by atoms with E-state index in [1.807, 2.05) is 6.92 Å². The first-order valence-corrected chi connectivity index (χ1v) is 8.43. The lowest BCUT2D eigenvalue weighted by Crippen LogP contribution is -2.48. The Labute approximate surface area is 129 Å². The zero-order valence-electron chi connectivity index (χ0n) is 12.3. The van der Waals surface area contributed by atoms with E-state index in [-0.39, 0.29) is 11.6 Å². The van der Waals surface area contributed by atoms with Crippen LogP contribution in [0.15, 0.2) is 29.4 Å². The van der Waals surface area contributed by atoms with Crippen LogP contribution in [0.5, 0.6) is 0 Å². The zero-order valence-corrected chi connectivity index (χ0v) is 13.1. The number of hydrogen-bond donors (Lipinski definition) is 4. The molecule has 0 saturated heterocycles. The molecule has 0 bridgehead atoms. The van der Waals surface area contributed by atoms with Crippen LogP contribution in [0.3, 0.4) is 0 Å². The van der Waals surface area contributed by atoms with E-state index in [0.29, 0.717) is 6.42 Å². The number of carboxylic acid groups (broad SMARTS) is 1. The molecule has 0 aliphatic heterocycles. The number of hydrogen-bond acceptors (Lipinski definition) is 5. The molecule has 8 nitrogen and oxygen atoms in total. The number of carbonyl (C=O) groups is 1. The van der Waals surface area contributed by atoms with Crippen LogP contribution in [0.2, 0.25) is 0 Å². The third-order valence-corrected chi connectivity index (χ3v) is 4.38. The van der Waals surface area contributed by atoms with E-state index in [9.17, 15) is 18.3 Å². The molecule has 0 aliphatic carbocycles. The fourth-order valence-corrected chi connectivity index (χ4v) is 2.86. The van der Waals surface area contributed by atoms with Gasteiger partial charge in [-0.1, -0.05) is 25.8 Å². The highest BCUT2D eigenvalue weighted by atomic mass is 32.2. The summed E-state index contributed by atoms with van der Waals surface area (Å²) in [6.45, 7) is 1.64. The van der Waals surface area contributed by atoms with E-state index >= 15 is 0 Å². The SMILES string of the molecule is CCCC[C@H](NC(=O)O)[C@H](O)CNS(=O)(=O)c1ccccn1. The Bertz CT molecular complexity index is 564. The maximum atomic E-state index is 12.0. The molecular formula is C13H21N3O5S. The quantitative estimate of drug-likeness (QED) is 0.523. The van der Waals surface area contributed by atoms with E-state index in [0.717, 1.165) is 12.8 Å². The van der Waals surface area contributed by atoms with Crippen LogP contribution >= 0.6 is 0 Å². The number of nitrogens with one attached hydrogen (secondary N) is 2. The summed E-state index contributed by atoms with van der Waals surface area (Å²) in [5.74, 6) is 0. The molecule has 1 aromatic rings. The third-order valence-electron chi connectivity index (χ3n) is 3.04. The van der Waals surface area contributed by atoms with Gasteiger partial charge in [-0.15, -0.1) is 0 Å². The van der Waals surface area contributed by atoms with Crippen molar-refractivity contribution in [2.24, 2.45) is 0 Å². The van der Waals surface area contributed by atoms with Gasteiger partial charge in [0.15, 0.2) is 5.03 Å². The van der Waals surface area contributed by atoms with Gasteiger partial charge in [0.1, 0.15) is 0 Å². The third kappa shape index (κ3) is 5.96. The molecule has 2 atom stereocenters. The number of nitrogens with zero attached hydrogens (tertiary/aromatic N) is 1. The van der Waals surface area contributed by atoms with Crippen molar-refractivity contribution in [2.75, 3.05) is 6.54 Å². The summed E-state index contributed by atoms with van der Waals surface area (Å²) >= 11 is 0. The zero-order chi connectivity index (χ0) is 16.6. The Hall–Kier alpha value is -1.71. The Balaban J connectivity index is 2.65. The Kier molecular flexibility index (Phi) is 7.22. The molecular weight excluding hydrogens is 310 g/mol. The summed E-state index contributed by atoms with van der Waals surface area (Å²) in [5.41, 5.74) is 0. The molecule has 1 amide bonds. The average molecular weight is 331 g/mol. The van der Waals surface area contributed by atoms with Crippen LogP contribution in [-0.4, -0.2) is 48.4 Å². The average Bonchev–Trinajstić information content (AvgIpc) is 2.49. The van der Waals surface area contributed by atoms with Crippen molar-refractivity contribution < 1.29 is 23.4 Å². The second-order valence-corrected chi connectivity index (χ2v) is 6.50. The Morgan fingerprint density at radius 1 is 1.41 bits per heavy atom. The largest absolute Gasteiger partial charge is 0.465 e. The second-order valence-electron chi connectivity index (χ2n) is 4.79. The predicted molar refractivity (Wildman–Crippen MR) is 79.9 cm³/mol. The first-order valence-electron chi connectivity index (χ1n) is 6.95. The van der Waals surface area contributed by atoms with Crippen LogP contribution in [0, 0.1) is 0 Å². The molecule has 0 aromatic carbocycles. The number of pyridine rings is 1. The lowest BCUT2D eigenvalue weighted by atomic mass is 10.0. The van der Waals surface area contributed by atoms with Gasteiger partial charge in [0.25, 0.3) is 10.0 Å². The molecule has 0 aliphatic rings. The lowest BCUT2D eigenvalue weighted by Gasteiger charge is -2.23. The molecule has 0 unspecified atom stereocenters. The highest BCUT2D eigenvalue weighted by Gasteiger charge is 2.23. The van der Waals surface area contributed by atoms with Gasteiger partial charge in [-0.2, -0.15) is 0 Å². The summed E-state index contributed by atoms with van der Waals surface area (Å²) in [6.07, 6.45) is 0.907. The summed E-state index contributed by atoms with van der Waals surface area (Å²) in [6, 6.07) is 3.72. The van der Waals surface area contributed by atoms with Gasteiger partial charge in [0, 0.05) is 12.7 Å². The Morgan fingerprint density at radius 3 is 2.68 bits per heavy atom. The van der Waals surface area contributed by atoms with Crippen LogP contribution < -0.4 is 10.0 Å². The van der Waals surface area contributed by atoms with Crippen molar-refractivity contribution in [3.05, 3.63) is 24.4 Å². The number of sulfonamides is 1. The summed E-state index contributed by atoms with van der Waals surface area (Å²) in [5, 5.41) is 20.8. The summed E-state index contributed by atoms with van der Waals surface area (Å²) in [4.78, 5) is 14.5. The summed E-state index contributed by atoms with van der Waals surface area (Å²) < 4.78 is 26.2. The number of aliphatic hydroxyl groups excluding tert-OH is 1. The van der Waals surface area contributed by atoms with E-state index < -0.39 is 28.3 Å². The smallest absolute Gasteiger partial charge is 0.404 e. The van der Waals surface area contributed by atoms with Crippen molar-refractivity contribution in [1.82, 2.24) is 15.0 Å². The molecule has 22 heavy (non-hydrogen) atoms. The van der Waals surface area contributed by atoms with E-state index in [2.05, 4.69) is 15.0 Å². The molecule has 1 heterocycles. The van der Waals surface area contributed by atoms with Crippen LogP contribution in [0.25, 0.3) is 0 Å². The minimum absolute atomic E-state index is 0.154. The van der Waals surface area contributed by atoms with Crippen molar-refractivity contribution >= 4 is 16.1 Å². The fraction of sp³-hybridized carbons (Fsp3) is 0.538. The molecule has 124 valence electrons.